The van der Waals surface area contributed by atoms with Crippen LogP contribution in [0, 0.1) is 5.92 Å². The van der Waals surface area contributed by atoms with Gasteiger partial charge in [0.25, 0.3) is 0 Å². The van der Waals surface area contributed by atoms with Gasteiger partial charge in [-0.3, -0.25) is 0 Å². The summed E-state index contributed by atoms with van der Waals surface area (Å²) >= 11 is 0. The van der Waals surface area contributed by atoms with Crippen molar-refractivity contribution in [3.05, 3.63) is 36.0 Å². The van der Waals surface area contributed by atoms with Gasteiger partial charge in [-0.15, -0.1) is 0 Å². The van der Waals surface area contributed by atoms with Crippen LogP contribution in [0.5, 0.6) is 0 Å². The molecule has 1 aliphatic rings. The maximum absolute atomic E-state index is 5.24. The lowest BCUT2D eigenvalue weighted by Crippen LogP contribution is -2.31. The highest BCUT2D eigenvalue weighted by Crippen LogP contribution is 2.24. The lowest BCUT2D eigenvalue weighted by Gasteiger charge is -2.26. The topological polar surface area (TPSA) is 14.2 Å². The fourth-order valence-electron chi connectivity index (χ4n) is 2.39. The molecule has 0 aliphatic carbocycles. The summed E-state index contributed by atoms with van der Waals surface area (Å²) < 4.78 is 7.61. The van der Waals surface area contributed by atoms with Gasteiger partial charge < -0.3 is 9.30 Å². The number of ether oxygens (including phenoxy) is 1. The van der Waals surface area contributed by atoms with E-state index >= 15 is 0 Å². The molecule has 0 spiro atoms. The number of hydrogen-bond acceptors (Lipinski definition) is 1. The molecule has 2 nitrogen and oxygen atoms in total. The van der Waals surface area contributed by atoms with Crippen LogP contribution >= 0.6 is 0 Å². The Labute approximate surface area is 102 Å². The van der Waals surface area contributed by atoms with E-state index < -0.39 is 0 Å². The SMILES string of the molecule is CC(C)c1ccc2ccn(CC3COC3)c2c1. The van der Waals surface area contributed by atoms with Crippen LogP contribution in [0.15, 0.2) is 30.5 Å². The van der Waals surface area contributed by atoms with Crippen LogP contribution in [0.1, 0.15) is 25.3 Å². The molecule has 0 radical (unpaired) electrons. The standard InChI is InChI=1S/C15H19NO/c1-11(2)14-4-3-13-5-6-16(15(13)7-14)8-12-9-17-10-12/h3-7,11-12H,8-10H2,1-2H3. The molecule has 3 rings (SSSR count). The first kappa shape index (κ1) is 10.8. The van der Waals surface area contributed by atoms with E-state index in [-0.39, 0.29) is 0 Å². The molecule has 90 valence electrons. The van der Waals surface area contributed by atoms with E-state index in [0.717, 1.165) is 19.8 Å². The van der Waals surface area contributed by atoms with Crippen molar-refractivity contribution in [3.8, 4) is 0 Å². The quantitative estimate of drug-likeness (QED) is 0.786. The molecular weight excluding hydrogens is 210 g/mol. The first-order chi connectivity index (χ1) is 8.24. The molecule has 0 saturated carbocycles. The lowest BCUT2D eigenvalue weighted by atomic mass is 10.0. The van der Waals surface area contributed by atoms with Crippen molar-refractivity contribution < 1.29 is 4.74 Å². The third-order valence-corrected chi connectivity index (χ3v) is 3.63. The van der Waals surface area contributed by atoms with E-state index in [1.165, 1.54) is 16.5 Å². The summed E-state index contributed by atoms with van der Waals surface area (Å²) in [6.07, 6.45) is 2.20. The Morgan fingerprint density at radius 3 is 2.76 bits per heavy atom. The zero-order chi connectivity index (χ0) is 11.8. The normalized spacial score (nSPS) is 16.6. The van der Waals surface area contributed by atoms with E-state index in [1.807, 2.05) is 0 Å². The summed E-state index contributed by atoms with van der Waals surface area (Å²) in [6.45, 7) is 7.42. The van der Waals surface area contributed by atoms with Crippen molar-refractivity contribution in [3.63, 3.8) is 0 Å². The monoisotopic (exact) mass is 229 g/mol. The summed E-state index contributed by atoms with van der Waals surface area (Å²) in [6, 6.07) is 9.01. The predicted octanol–water partition coefficient (Wildman–Crippen LogP) is 3.41. The fraction of sp³-hybridized carbons (Fsp3) is 0.467. The Hall–Kier alpha value is -1.28. The van der Waals surface area contributed by atoms with Gasteiger partial charge in [-0.05, 0) is 29.0 Å². The van der Waals surface area contributed by atoms with E-state index in [1.54, 1.807) is 0 Å². The van der Waals surface area contributed by atoms with Gasteiger partial charge >= 0.3 is 0 Å². The first-order valence-electron chi connectivity index (χ1n) is 6.40. The third-order valence-electron chi connectivity index (χ3n) is 3.63. The number of nitrogens with zero attached hydrogens (tertiary/aromatic N) is 1. The van der Waals surface area contributed by atoms with Crippen molar-refractivity contribution in [2.24, 2.45) is 5.92 Å². The smallest absolute Gasteiger partial charge is 0.0533 e. The van der Waals surface area contributed by atoms with Crippen molar-refractivity contribution in [1.29, 1.82) is 0 Å². The highest BCUT2D eigenvalue weighted by Gasteiger charge is 2.19. The molecule has 2 aromatic rings. The summed E-state index contributed by atoms with van der Waals surface area (Å²) in [4.78, 5) is 0. The largest absolute Gasteiger partial charge is 0.381 e. The number of rotatable bonds is 3. The minimum Gasteiger partial charge on any atom is -0.381 e. The minimum atomic E-state index is 0.592. The van der Waals surface area contributed by atoms with Crippen LogP contribution in [0.25, 0.3) is 10.9 Å². The predicted molar refractivity (Wildman–Crippen MR) is 70.3 cm³/mol. The molecule has 2 heteroatoms. The second kappa shape index (κ2) is 4.19. The summed E-state index contributed by atoms with van der Waals surface area (Å²) in [5.74, 6) is 1.29. The first-order valence-corrected chi connectivity index (χ1v) is 6.40. The van der Waals surface area contributed by atoms with Crippen LogP contribution in [-0.2, 0) is 11.3 Å². The van der Waals surface area contributed by atoms with E-state index in [9.17, 15) is 0 Å². The van der Waals surface area contributed by atoms with Crippen molar-refractivity contribution >= 4 is 10.9 Å². The molecule has 1 aromatic carbocycles. The molecule has 0 atom stereocenters. The van der Waals surface area contributed by atoms with Gasteiger partial charge in [-0.1, -0.05) is 26.0 Å². The maximum atomic E-state index is 5.24. The van der Waals surface area contributed by atoms with Crippen LogP contribution in [0.2, 0.25) is 0 Å². The Balaban J connectivity index is 1.96. The van der Waals surface area contributed by atoms with Crippen molar-refractivity contribution in [2.45, 2.75) is 26.3 Å². The Bertz CT molecular complexity index is 523. The highest BCUT2D eigenvalue weighted by molar-refractivity contribution is 5.81. The highest BCUT2D eigenvalue weighted by atomic mass is 16.5. The van der Waals surface area contributed by atoms with Crippen LogP contribution < -0.4 is 0 Å². The van der Waals surface area contributed by atoms with E-state index in [0.29, 0.717) is 11.8 Å². The molecule has 17 heavy (non-hydrogen) atoms. The molecule has 2 heterocycles. The number of aromatic nitrogens is 1. The van der Waals surface area contributed by atoms with Crippen LogP contribution in [0.4, 0.5) is 0 Å². The average molecular weight is 229 g/mol. The number of hydrogen-bond donors (Lipinski definition) is 0. The van der Waals surface area contributed by atoms with Gasteiger partial charge in [0.05, 0.1) is 13.2 Å². The fourth-order valence-corrected chi connectivity index (χ4v) is 2.39. The Kier molecular flexibility index (Phi) is 2.67. The van der Waals surface area contributed by atoms with Crippen LogP contribution in [-0.4, -0.2) is 17.8 Å². The molecule has 0 N–H and O–H groups in total. The third kappa shape index (κ3) is 1.98. The Morgan fingerprint density at radius 1 is 1.29 bits per heavy atom. The van der Waals surface area contributed by atoms with Gasteiger partial charge in [-0.25, -0.2) is 0 Å². The summed E-state index contributed by atoms with van der Waals surface area (Å²) in [5.41, 5.74) is 2.78. The molecular formula is C15H19NO. The van der Waals surface area contributed by atoms with Gasteiger partial charge in [0.15, 0.2) is 0 Å². The second-order valence-electron chi connectivity index (χ2n) is 5.34. The lowest BCUT2D eigenvalue weighted by molar-refractivity contribution is -0.0388. The molecule has 0 unspecified atom stereocenters. The van der Waals surface area contributed by atoms with Gasteiger partial charge in [0.2, 0.25) is 0 Å². The summed E-state index contributed by atoms with van der Waals surface area (Å²) in [7, 11) is 0. The number of benzene rings is 1. The molecule has 1 aromatic heterocycles. The summed E-state index contributed by atoms with van der Waals surface area (Å²) in [5, 5.41) is 1.34. The second-order valence-corrected chi connectivity index (χ2v) is 5.34. The zero-order valence-electron chi connectivity index (χ0n) is 10.5. The van der Waals surface area contributed by atoms with Crippen molar-refractivity contribution in [1.82, 2.24) is 4.57 Å². The maximum Gasteiger partial charge on any atom is 0.0533 e. The van der Waals surface area contributed by atoms with Gasteiger partial charge in [0, 0.05) is 24.2 Å². The number of fused-ring (bicyclic) bond motifs is 1. The molecule has 1 aliphatic heterocycles. The van der Waals surface area contributed by atoms with Crippen molar-refractivity contribution in [2.75, 3.05) is 13.2 Å². The zero-order valence-corrected chi connectivity index (χ0v) is 10.5. The molecule has 0 bridgehead atoms. The average Bonchev–Trinajstić information content (AvgIpc) is 2.65. The van der Waals surface area contributed by atoms with Gasteiger partial charge in [0.1, 0.15) is 0 Å². The van der Waals surface area contributed by atoms with E-state index in [2.05, 4.69) is 48.9 Å². The molecule has 1 fully saturated rings. The Morgan fingerprint density at radius 2 is 2.12 bits per heavy atom. The molecule has 0 amide bonds. The van der Waals surface area contributed by atoms with E-state index in [4.69, 9.17) is 4.74 Å². The van der Waals surface area contributed by atoms with Gasteiger partial charge in [-0.2, -0.15) is 0 Å². The minimum absolute atomic E-state index is 0.592. The van der Waals surface area contributed by atoms with Crippen LogP contribution in [0.3, 0.4) is 0 Å². The molecule has 1 saturated heterocycles.